The molecule has 0 unspecified atom stereocenters. The van der Waals surface area contributed by atoms with Crippen molar-refractivity contribution in [2.24, 2.45) is 0 Å². The van der Waals surface area contributed by atoms with Gasteiger partial charge in [0.1, 0.15) is 17.2 Å². The second-order valence-corrected chi connectivity index (χ2v) is 12.6. The third-order valence-corrected chi connectivity index (χ3v) is 10.1. The molecule has 0 bridgehead atoms. The monoisotopic (exact) mass is 643 g/mol. The normalized spacial score (nSPS) is 23.4. The van der Waals surface area contributed by atoms with Gasteiger partial charge in [0, 0.05) is 52.8 Å². The van der Waals surface area contributed by atoms with Crippen LogP contribution in [0.25, 0.3) is 11.0 Å². The number of fused-ring (bicyclic) bond motifs is 7. The quantitative estimate of drug-likeness (QED) is 0.181. The number of hydrogen-bond donors (Lipinski definition) is 1. The van der Waals surface area contributed by atoms with E-state index in [9.17, 15) is 14.9 Å². The molecule has 4 aromatic rings. The van der Waals surface area contributed by atoms with Crippen LogP contribution in [0, 0.1) is 17.1 Å². The summed E-state index contributed by atoms with van der Waals surface area (Å²) < 4.78 is 23.3. The molecule has 3 aliphatic heterocycles. The van der Waals surface area contributed by atoms with E-state index in [4.69, 9.17) is 32.9 Å². The number of aromatic nitrogens is 2. The van der Waals surface area contributed by atoms with Crippen molar-refractivity contribution in [2.45, 2.75) is 49.2 Å². The Labute approximate surface area is 269 Å². The van der Waals surface area contributed by atoms with Crippen LogP contribution in [0.15, 0.2) is 66.7 Å². The summed E-state index contributed by atoms with van der Waals surface area (Å²) in [6.07, 6.45) is 1.68. The van der Waals surface area contributed by atoms with Crippen molar-refractivity contribution in [2.75, 3.05) is 19.0 Å². The van der Waals surface area contributed by atoms with Gasteiger partial charge in [-0.2, -0.15) is 5.26 Å². The molecule has 0 radical (unpaired) electrons. The van der Waals surface area contributed by atoms with E-state index in [0.717, 1.165) is 5.52 Å². The fourth-order valence-electron chi connectivity index (χ4n) is 7.84. The van der Waals surface area contributed by atoms with E-state index in [-0.39, 0.29) is 17.0 Å². The number of carbonyl (C=O) groups is 2. The Kier molecular flexibility index (Phi) is 7.20. The van der Waals surface area contributed by atoms with Crippen molar-refractivity contribution in [1.82, 2.24) is 14.5 Å². The number of likely N-dealkylation sites (tertiary alicyclic amines) is 1. The third kappa shape index (κ3) is 4.31. The number of nitrogens with one attached hydrogen (secondary N) is 1. The van der Waals surface area contributed by atoms with Crippen LogP contribution in [-0.2, 0) is 21.6 Å². The molecular weight excluding hydrogens is 616 g/mol. The van der Waals surface area contributed by atoms with Gasteiger partial charge in [-0.25, -0.2) is 14.2 Å². The Hall–Kier alpha value is -4.23. The van der Waals surface area contributed by atoms with Gasteiger partial charge in [0.25, 0.3) is 0 Å². The minimum absolute atomic E-state index is 0.0373. The summed E-state index contributed by atoms with van der Waals surface area (Å²) >= 11 is 12.8. The SMILES string of the molecule is C=C(C#N)CCCN1[C@H]2CCn3c(nc4cc(C(=O)OC)ccc43)[C@H]2[C@H](c2cccc(Cl)c2F)[C@]12C(=O)Nc1cc(Cl)ccc12. The van der Waals surface area contributed by atoms with Crippen molar-refractivity contribution in [1.29, 1.82) is 5.26 Å². The first-order chi connectivity index (χ1) is 21.7. The van der Waals surface area contributed by atoms with Crippen LogP contribution in [0.1, 0.15) is 58.4 Å². The number of benzene rings is 3. The summed E-state index contributed by atoms with van der Waals surface area (Å²) in [4.78, 5) is 34.2. The van der Waals surface area contributed by atoms with Crippen molar-refractivity contribution in [3.05, 3.63) is 105 Å². The molecule has 3 aliphatic rings. The van der Waals surface area contributed by atoms with Crippen LogP contribution >= 0.6 is 23.2 Å². The highest BCUT2D eigenvalue weighted by Gasteiger charge is 2.68. The van der Waals surface area contributed by atoms with Crippen LogP contribution in [-0.4, -0.2) is 46.0 Å². The van der Waals surface area contributed by atoms with Gasteiger partial charge in [0.2, 0.25) is 5.91 Å². The van der Waals surface area contributed by atoms with Crippen molar-refractivity contribution < 1.29 is 18.7 Å². The molecule has 3 aromatic carbocycles. The number of halogens is 3. The summed E-state index contributed by atoms with van der Waals surface area (Å²) in [6, 6.07) is 17.4. The van der Waals surface area contributed by atoms with Crippen LogP contribution < -0.4 is 5.32 Å². The first-order valence-corrected chi connectivity index (χ1v) is 15.4. The van der Waals surface area contributed by atoms with E-state index in [0.29, 0.717) is 76.7 Å². The fourth-order valence-corrected chi connectivity index (χ4v) is 8.20. The molecule has 4 heterocycles. The van der Waals surface area contributed by atoms with Crippen molar-refractivity contribution >= 4 is 51.8 Å². The third-order valence-electron chi connectivity index (χ3n) is 9.56. The predicted molar refractivity (Wildman–Crippen MR) is 169 cm³/mol. The van der Waals surface area contributed by atoms with Gasteiger partial charge in [0.15, 0.2) is 0 Å². The molecule has 11 heteroatoms. The molecule has 1 fully saturated rings. The number of imidazole rings is 1. The minimum atomic E-state index is -1.33. The molecular formula is C34H28Cl2FN5O3. The van der Waals surface area contributed by atoms with Gasteiger partial charge in [-0.3, -0.25) is 9.69 Å². The molecule has 8 nitrogen and oxygen atoms in total. The molecule has 1 amide bonds. The fraction of sp³-hybridized carbons (Fsp3) is 0.294. The zero-order valence-corrected chi connectivity index (χ0v) is 25.8. The molecule has 1 spiro atoms. The maximum Gasteiger partial charge on any atom is 0.337 e. The predicted octanol–water partition coefficient (Wildman–Crippen LogP) is 6.93. The summed E-state index contributed by atoms with van der Waals surface area (Å²) in [5.41, 5.74) is 2.52. The Morgan fingerprint density at radius 2 is 2.07 bits per heavy atom. The van der Waals surface area contributed by atoms with Gasteiger partial charge < -0.3 is 14.6 Å². The van der Waals surface area contributed by atoms with E-state index in [1.165, 1.54) is 13.2 Å². The number of aryl methyl sites for hydroxylation is 1. The molecule has 228 valence electrons. The summed E-state index contributed by atoms with van der Waals surface area (Å²) in [6.45, 7) is 4.89. The lowest BCUT2D eigenvalue weighted by molar-refractivity contribution is -0.128. The highest BCUT2D eigenvalue weighted by atomic mass is 35.5. The lowest BCUT2D eigenvalue weighted by atomic mass is 9.70. The van der Waals surface area contributed by atoms with Gasteiger partial charge in [-0.05, 0) is 61.2 Å². The maximum atomic E-state index is 16.3. The number of nitrogens with zero attached hydrogens (tertiary/aromatic N) is 4. The number of nitriles is 1. The number of allylic oxidation sites excluding steroid dienone is 1. The van der Waals surface area contributed by atoms with Gasteiger partial charge in [-0.15, -0.1) is 0 Å². The standard InChI is InChI=1S/C34H28Cl2FN5O3/c1-18(17-38)5-4-13-42-27-12-14-41-26-11-8-19(32(43)45-2)15-25(26)39-31(41)28(27)29(21-6-3-7-23(36)30(21)37)34(42)22-10-9-20(35)16-24(22)40-33(34)44/h3,6-11,15-16,27-29H,1,4-5,12-14H2,2H3,(H,40,44)/t27-,28+,29-,34+/m0/s1. The summed E-state index contributed by atoms with van der Waals surface area (Å²) in [5, 5.41) is 12.9. The van der Waals surface area contributed by atoms with E-state index < -0.39 is 29.2 Å². The smallest absolute Gasteiger partial charge is 0.337 e. The number of esters is 1. The molecule has 0 aliphatic carbocycles. The number of amides is 1. The number of hydrogen-bond acceptors (Lipinski definition) is 6. The maximum absolute atomic E-state index is 16.3. The lowest BCUT2D eigenvalue weighted by Gasteiger charge is -2.40. The number of methoxy groups -OCH3 is 1. The van der Waals surface area contributed by atoms with Gasteiger partial charge in [-0.1, -0.05) is 48.0 Å². The first kappa shape index (κ1) is 29.5. The second kappa shape index (κ2) is 11.0. The molecule has 0 saturated carbocycles. The van der Waals surface area contributed by atoms with Crippen molar-refractivity contribution in [3.8, 4) is 6.07 Å². The molecule has 1 N–H and O–H groups in total. The Morgan fingerprint density at radius 3 is 2.84 bits per heavy atom. The van der Waals surface area contributed by atoms with Gasteiger partial charge >= 0.3 is 5.97 Å². The molecule has 7 rings (SSSR count). The average molecular weight is 645 g/mol. The average Bonchev–Trinajstić information content (AvgIpc) is 3.65. The molecule has 1 saturated heterocycles. The van der Waals surface area contributed by atoms with Crippen molar-refractivity contribution in [3.63, 3.8) is 0 Å². The van der Waals surface area contributed by atoms with Crippen LogP contribution in [0.4, 0.5) is 10.1 Å². The number of ether oxygens (including phenoxy) is 1. The highest BCUT2D eigenvalue weighted by molar-refractivity contribution is 6.31. The Bertz CT molecular complexity index is 1970. The molecule has 45 heavy (non-hydrogen) atoms. The van der Waals surface area contributed by atoms with Crippen LogP contribution in [0.5, 0.6) is 0 Å². The Morgan fingerprint density at radius 1 is 1.24 bits per heavy atom. The van der Waals surface area contributed by atoms with Crippen LogP contribution in [0.3, 0.4) is 0 Å². The highest BCUT2D eigenvalue weighted by Crippen LogP contribution is 2.64. The zero-order chi connectivity index (χ0) is 31.6. The molecule has 1 aromatic heterocycles. The number of anilines is 1. The number of carbonyl (C=O) groups excluding carboxylic acids is 2. The van der Waals surface area contributed by atoms with E-state index in [1.807, 2.05) is 12.1 Å². The Balaban J connectivity index is 1.50. The summed E-state index contributed by atoms with van der Waals surface area (Å²) in [5.74, 6) is -1.81. The van der Waals surface area contributed by atoms with Crippen LogP contribution in [0.2, 0.25) is 10.0 Å². The first-order valence-electron chi connectivity index (χ1n) is 14.7. The minimum Gasteiger partial charge on any atom is -0.465 e. The second-order valence-electron chi connectivity index (χ2n) is 11.7. The zero-order valence-electron chi connectivity index (χ0n) is 24.3. The largest absolute Gasteiger partial charge is 0.465 e. The topological polar surface area (TPSA) is 100 Å². The number of rotatable bonds is 6. The van der Waals surface area contributed by atoms with E-state index in [1.54, 1.807) is 36.4 Å². The van der Waals surface area contributed by atoms with E-state index in [2.05, 4.69) is 27.4 Å². The van der Waals surface area contributed by atoms with E-state index >= 15 is 4.39 Å². The summed E-state index contributed by atoms with van der Waals surface area (Å²) in [7, 11) is 1.33. The van der Waals surface area contributed by atoms with Gasteiger partial charge in [0.05, 0.1) is 34.8 Å². The lowest BCUT2D eigenvalue weighted by Crippen LogP contribution is -2.52. The molecule has 4 atom stereocenters.